The van der Waals surface area contributed by atoms with Gasteiger partial charge in [0.15, 0.2) is 0 Å². The average Bonchev–Trinajstić information content (AvgIpc) is 2.73. The fraction of sp³-hybridized carbons (Fsp3) is 0.273. The number of aromatic nitrogens is 2. The number of urea groups is 1. The van der Waals surface area contributed by atoms with Crippen LogP contribution in [-0.4, -0.2) is 22.8 Å². The monoisotopic (exact) mass is 218 g/mol. The van der Waals surface area contributed by atoms with E-state index in [1.807, 2.05) is 25.1 Å². The van der Waals surface area contributed by atoms with E-state index in [-0.39, 0.29) is 6.03 Å². The Hall–Kier alpha value is -2.04. The number of benzene rings is 1. The van der Waals surface area contributed by atoms with Crippen molar-refractivity contribution in [1.82, 2.24) is 15.5 Å². The molecule has 16 heavy (non-hydrogen) atoms. The standard InChI is InChI=1S/C11H14N4O/c1-2-5-12-11(16)14-9-3-4-10-8(6-9)7-13-15-10/h3-4,6-7H,2,5H2,1H3,(H,13,15)(H2,12,14,16). The molecular formula is C11H14N4O. The van der Waals surface area contributed by atoms with Gasteiger partial charge in [-0.2, -0.15) is 5.10 Å². The van der Waals surface area contributed by atoms with Gasteiger partial charge < -0.3 is 10.6 Å². The van der Waals surface area contributed by atoms with Crippen LogP contribution in [0.3, 0.4) is 0 Å². The average molecular weight is 218 g/mol. The van der Waals surface area contributed by atoms with Crippen LogP contribution in [0.1, 0.15) is 13.3 Å². The van der Waals surface area contributed by atoms with E-state index >= 15 is 0 Å². The highest BCUT2D eigenvalue weighted by atomic mass is 16.2. The molecule has 2 aromatic rings. The number of amides is 2. The molecule has 2 amide bonds. The van der Waals surface area contributed by atoms with Crippen molar-refractivity contribution in [3.05, 3.63) is 24.4 Å². The predicted molar refractivity (Wildman–Crippen MR) is 63.4 cm³/mol. The van der Waals surface area contributed by atoms with Crippen LogP contribution in [0.4, 0.5) is 10.5 Å². The van der Waals surface area contributed by atoms with Crippen molar-refractivity contribution in [3.63, 3.8) is 0 Å². The number of anilines is 1. The van der Waals surface area contributed by atoms with Gasteiger partial charge in [0.25, 0.3) is 0 Å². The highest BCUT2D eigenvalue weighted by Crippen LogP contribution is 2.16. The lowest BCUT2D eigenvalue weighted by molar-refractivity contribution is 0.252. The van der Waals surface area contributed by atoms with E-state index in [1.165, 1.54) is 0 Å². The molecule has 0 saturated heterocycles. The van der Waals surface area contributed by atoms with Crippen molar-refractivity contribution in [3.8, 4) is 0 Å². The summed E-state index contributed by atoms with van der Waals surface area (Å²) in [6, 6.07) is 5.43. The van der Waals surface area contributed by atoms with Crippen molar-refractivity contribution in [2.45, 2.75) is 13.3 Å². The zero-order valence-corrected chi connectivity index (χ0v) is 9.08. The maximum Gasteiger partial charge on any atom is 0.319 e. The number of rotatable bonds is 3. The number of aromatic amines is 1. The number of hydrogen-bond acceptors (Lipinski definition) is 2. The summed E-state index contributed by atoms with van der Waals surface area (Å²) in [4.78, 5) is 11.4. The van der Waals surface area contributed by atoms with Gasteiger partial charge in [0.2, 0.25) is 0 Å². The van der Waals surface area contributed by atoms with Crippen LogP contribution in [0, 0.1) is 0 Å². The van der Waals surface area contributed by atoms with E-state index in [1.54, 1.807) is 6.20 Å². The zero-order chi connectivity index (χ0) is 11.4. The van der Waals surface area contributed by atoms with E-state index < -0.39 is 0 Å². The SMILES string of the molecule is CCCNC(=O)Nc1ccc2[nH]ncc2c1. The summed E-state index contributed by atoms with van der Waals surface area (Å²) in [6.45, 7) is 2.69. The van der Waals surface area contributed by atoms with Gasteiger partial charge in [0.05, 0.1) is 11.7 Å². The second-order valence-corrected chi connectivity index (χ2v) is 3.55. The molecule has 2 rings (SSSR count). The summed E-state index contributed by atoms with van der Waals surface area (Å²) in [5, 5.41) is 13.3. The number of carbonyl (C=O) groups is 1. The number of hydrogen-bond donors (Lipinski definition) is 3. The van der Waals surface area contributed by atoms with Crippen LogP contribution in [0.5, 0.6) is 0 Å². The van der Waals surface area contributed by atoms with Gasteiger partial charge in [0.1, 0.15) is 0 Å². The maximum absolute atomic E-state index is 11.4. The van der Waals surface area contributed by atoms with Gasteiger partial charge in [-0.3, -0.25) is 5.10 Å². The second kappa shape index (κ2) is 4.65. The van der Waals surface area contributed by atoms with Crippen LogP contribution in [0.2, 0.25) is 0 Å². The fourth-order valence-electron chi connectivity index (χ4n) is 1.43. The third kappa shape index (κ3) is 2.31. The normalized spacial score (nSPS) is 10.3. The Morgan fingerprint density at radius 2 is 2.38 bits per heavy atom. The molecule has 1 aromatic carbocycles. The summed E-state index contributed by atoms with van der Waals surface area (Å²) in [6.07, 6.45) is 2.65. The molecule has 0 atom stereocenters. The van der Waals surface area contributed by atoms with Crippen LogP contribution in [0.25, 0.3) is 10.9 Å². The van der Waals surface area contributed by atoms with Crippen molar-refractivity contribution in [1.29, 1.82) is 0 Å². The van der Waals surface area contributed by atoms with E-state index in [0.29, 0.717) is 6.54 Å². The molecule has 3 N–H and O–H groups in total. The molecule has 0 unspecified atom stereocenters. The Labute approximate surface area is 93.2 Å². The van der Waals surface area contributed by atoms with Crippen LogP contribution in [-0.2, 0) is 0 Å². The molecule has 0 spiro atoms. The van der Waals surface area contributed by atoms with Gasteiger partial charge in [0, 0.05) is 17.6 Å². The summed E-state index contributed by atoms with van der Waals surface area (Å²) in [7, 11) is 0. The summed E-state index contributed by atoms with van der Waals surface area (Å²) < 4.78 is 0. The maximum atomic E-state index is 11.4. The third-order valence-electron chi connectivity index (χ3n) is 2.23. The molecule has 1 heterocycles. The first-order chi connectivity index (χ1) is 7.79. The van der Waals surface area contributed by atoms with Crippen molar-refractivity contribution in [2.75, 3.05) is 11.9 Å². The van der Waals surface area contributed by atoms with Crippen LogP contribution < -0.4 is 10.6 Å². The Morgan fingerprint density at radius 3 is 3.19 bits per heavy atom. The zero-order valence-electron chi connectivity index (χ0n) is 9.08. The van der Waals surface area contributed by atoms with Crippen molar-refractivity contribution < 1.29 is 4.79 Å². The number of nitrogens with one attached hydrogen (secondary N) is 3. The van der Waals surface area contributed by atoms with E-state index in [2.05, 4.69) is 20.8 Å². The highest BCUT2D eigenvalue weighted by molar-refractivity contribution is 5.92. The highest BCUT2D eigenvalue weighted by Gasteiger charge is 2.01. The Morgan fingerprint density at radius 1 is 1.50 bits per heavy atom. The third-order valence-corrected chi connectivity index (χ3v) is 2.23. The van der Waals surface area contributed by atoms with Crippen molar-refractivity contribution in [2.24, 2.45) is 0 Å². The molecule has 0 aliphatic rings. The molecule has 0 bridgehead atoms. The van der Waals surface area contributed by atoms with Gasteiger partial charge in [-0.1, -0.05) is 6.92 Å². The predicted octanol–water partition coefficient (Wildman–Crippen LogP) is 2.09. The molecule has 0 saturated carbocycles. The first-order valence-electron chi connectivity index (χ1n) is 5.27. The Balaban J connectivity index is 2.06. The molecule has 1 aromatic heterocycles. The first-order valence-corrected chi connectivity index (χ1v) is 5.27. The molecule has 5 heteroatoms. The Kier molecular flexibility index (Phi) is 3.05. The lowest BCUT2D eigenvalue weighted by Gasteiger charge is -2.06. The smallest absolute Gasteiger partial charge is 0.319 e. The minimum atomic E-state index is -0.176. The molecular weight excluding hydrogens is 204 g/mol. The van der Waals surface area contributed by atoms with Gasteiger partial charge in [-0.15, -0.1) is 0 Å². The van der Waals surface area contributed by atoms with E-state index in [9.17, 15) is 4.79 Å². The van der Waals surface area contributed by atoms with Gasteiger partial charge in [-0.25, -0.2) is 4.79 Å². The quantitative estimate of drug-likeness (QED) is 0.738. The minimum absolute atomic E-state index is 0.176. The molecule has 84 valence electrons. The van der Waals surface area contributed by atoms with Crippen LogP contribution in [0.15, 0.2) is 24.4 Å². The number of H-pyrrole nitrogens is 1. The van der Waals surface area contributed by atoms with Crippen molar-refractivity contribution >= 4 is 22.6 Å². The fourth-order valence-corrected chi connectivity index (χ4v) is 1.43. The molecule has 0 fully saturated rings. The number of fused-ring (bicyclic) bond motifs is 1. The number of carbonyl (C=O) groups excluding carboxylic acids is 1. The first kappa shape index (κ1) is 10.5. The lowest BCUT2D eigenvalue weighted by atomic mass is 10.2. The largest absolute Gasteiger partial charge is 0.338 e. The van der Waals surface area contributed by atoms with Crippen LogP contribution >= 0.6 is 0 Å². The summed E-state index contributed by atoms with van der Waals surface area (Å²) >= 11 is 0. The summed E-state index contributed by atoms with van der Waals surface area (Å²) in [5.74, 6) is 0. The molecule has 0 radical (unpaired) electrons. The van der Waals surface area contributed by atoms with E-state index in [0.717, 1.165) is 23.0 Å². The number of nitrogens with zero attached hydrogens (tertiary/aromatic N) is 1. The topological polar surface area (TPSA) is 69.8 Å². The van der Waals surface area contributed by atoms with E-state index in [4.69, 9.17) is 0 Å². The summed E-state index contributed by atoms with van der Waals surface area (Å²) in [5.41, 5.74) is 1.72. The second-order valence-electron chi connectivity index (χ2n) is 3.55. The van der Waals surface area contributed by atoms with Gasteiger partial charge in [-0.05, 0) is 24.6 Å². The molecule has 0 aliphatic heterocycles. The van der Waals surface area contributed by atoms with Gasteiger partial charge >= 0.3 is 6.03 Å². The Bertz CT molecular complexity index is 491. The minimum Gasteiger partial charge on any atom is -0.338 e. The molecule has 5 nitrogen and oxygen atoms in total. The lowest BCUT2D eigenvalue weighted by Crippen LogP contribution is -2.29. The molecule has 0 aliphatic carbocycles.